The minimum Gasteiger partial charge on any atom is -0.497 e. The Morgan fingerprint density at radius 2 is 1.59 bits per heavy atom. The van der Waals surface area contributed by atoms with E-state index in [1.54, 1.807) is 7.11 Å². The van der Waals surface area contributed by atoms with Gasteiger partial charge >= 0.3 is 0 Å². The zero-order valence-electron chi connectivity index (χ0n) is 16.4. The Labute approximate surface area is 171 Å². The van der Waals surface area contributed by atoms with E-state index in [9.17, 15) is 16.8 Å². The van der Waals surface area contributed by atoms with Crippen molar-refractivity contribution in [1.29, 1.82) is 0 Å². The quantitative estimate of drug-likeness (QED) is 0.717. The number of sulfone groups is 1. The summed E-state index contributed by atoms with van der Waals surface area (Å²) in [5.74, 6) is 0.815. The van der Waals surface area contributed by atoms with Crippen molar-refractivity contribution < 1.29 is 21.6 Å². The Morgan fingerprint density at radius 1 is 0.966 bits per heavy atom. The summed E-state index contributed by atoms with van der Waals surface area (Å²) in [4.78, 5) is 4.03. The van der Waals surface area contributed by atoms with Gasteiger partial charge in [0.2, 0.25) is 10.0 Å². The van der Waals surface area contributed by atoms with Crippen LogP contribution in [-0.2, 0) is 26.4 Å². The third kappa shape index (κ3) is 5.27. The van der Waals surface area contributed by atoms with Crippen LogP contribution in [0.2, 0.25) is 0 Å². The van der Waals surface area contributed by atoms with Crippen LogP contribution in [0.5, 0.6) is 5.75 Å². The first kappa shape index (κ1) is 21.6. The summed E-state index contributed by atoms with van der Waals surface area (Å²) >= 11 is 0. The van der Waals surface area contributed by atoms with E-state index in [-0.39, 0.29) is 9.79 Å². The number of ether oxygens (including phenoxy) is 1. The lowest BCUT2D eigenvalue weighted by atomic mass is 10.2. The molecule has 1 fully saturated rings. The fraction of sp³-hybridized carbons (Fsp3) is 0.368. The molecule has 1 aliphatic rings. The smallest absolute Gasteiger partial charge is 0.238 e. The summed E-state index contributed by atoms with van der Waals surface area (Å²) in [6.45, 7) is 3.57. The predicted molar refractivity (Wildman–Crippen MR) is 111 cm³/mol. The topological polar surface area (TPSA) is 110 Å². The number of sulfonamides is 1. The molecule has 2 aromatic rings. The van der Waals surface area contributed by atoms with Crippen LogP contribution in [-0.4, -0.2) is 61.3 Å². The second kappa shape index (κ2) is 8.31. The summed E-state index contributed by atoms with van der Waals surface area (Å²) in [7, 11) is -5.97. The zero-order chi connectivity index (χ0) is 21.2. The van der Waals surface area contributed by atoms with Gasteiger partial charge in [-0.25, -0.2) is 22.0 Å². The maximum atomic E-state index is 12.3. The van der Waals surface area contributed by atoms with Crippen LogP contribution in [0, 0.1) is 0 Å². The Balaban J connectivity index is 1.74. The van der Waals surface area contributed by atoms with Crippen LogP contribution < -0.4 is 14.8 Å². The van der Waals surface area contributed by atoms with Gasteiger partial charge in [-0.2, -0.15) is 0 Å². The van der Waals surface area contributed by atoms with Crippen LogP contribution in [0.25, 0.3) is 0 Å². The Morgan fingerprint density at radius 3 is 2.10 bits per heavy atom. The number of rotatable bonds is 6. The molecule has 1 saturated heterocycles. The number of benzene rings is 2. The van der Waals surface area contributed by atoms with Crippen molar-refractivity contribution >= 4 is 25.5 Å². The first-order valence-electron chi connectivity index (χ1n) is 9.05. The second-order valence-corrected chi connectivity index (χ2v) is 10.6. The number of nitrogens with two attached hydrogens (primary N) is 1. The van der Waals surface area contributed by atoms with Crippen LogP contribution in [0.15, 0.2) is 52.3 Å². The first-order chi connectivity index (χ1) is 13.6. The molecule has 8 nitrogen and oxygen atoms in total. The molecule has 0 spiro atoms. The number of methoxy groups -OCH3 is 1. The highest BCUT2D eigenvalue weighted by Crippen LogP contribution is 2.29. The van der Waals surface area contributed by atoms with E-state index in [1.165, 1.54) is 17.7 Å². The van der Waals surface area contributed by atoms with Crippen LogP contribution in [0.4, 0.5) is 5.69 Å². The van der Waals surface area contributed by atoms with Gasteiger partial charge in [-0.05, 0) is 35.9 Å². The Bertz CT molecular complexity index is 1080. The van der Waals surface area contributed by atoms with E-state index < -0.39 is 19.9 Å². The molecule has 29 heavy (non-hydrogen) atoms. The molecule has 2 aromatic carbocycles. The van der Waals surface area contributed by atoms with Gasteiger partial charge in [0.1, 0.15) is 5.75 Å². The third-order valence-electron chi connectivity index (χ3n) is 4.94. The molecule has 0 amide bonds. The van der Waals surface area contributed by atoms with Gasteiger partial charge in [-0.3, -0.25) is 4.90 Å². The monoisotopic (exact) mass is 439 g/mol. The lowest BCUT2D eigenvalue weighted by Crippen LogP contribution is -2.46. The lowest BCUT2D eigenvalue weighted by Gasteiger charge is -2.37. The van der Waals surface area contributed by atoms with Crippen molar-refractivity contribution in [2.75, 3.05) is 44.4 Å². The number of anilines is 1. The molecule has 0 saturated carbocycles. The average molecular weight is 440 g/mol. The van der Waals surface area contributed by atoms with Crippen molar-refractivity contribution in [1.82, 2.24) is 4.90 Å². The highest BCUT2D eigenvalue weighted by molar-refractivity contribution is 7.91. The highest BCUT2D eigenvalue weighted by Gasteiger charge is 2.24. The normalized spacial score (nSPS) is 16.0. The number of primary sulfonamides is 1. The summed E-state index contributed by atoms with van der Waals surface area (Å²) in [6.07, 6.45) is 1.07. The molecule has 3 rings (SSSR count). The van der Waals surface area contributed by atoms with E-state index in [2.05, 4.69) is 4.90 Å². The SMILES string of the molecule is COc1ccc(CN2CCN(c3ccc(S(N)(=O)=O)cc3S(C)(=O)=O)CC2)cc1. The largest absolute Gasteiger partial charge is 0.497 e. The summed E-state index contributed by atoms with van der Waals surface area (Å²) in [5, 5.41) is 5.16. The number of hydrogen-bond donors (Lipinski definition) is 1. The molecule has 0 bridgehead atoms. The Kier molecular flexibility index (Phi) is 6.18. The fourth-order valence-corrected chi connectivity index (χ4v) is 4.90. The maximum absolute atomic E-state index is 12.3. The summed E-state index contributed by atoms with van der Waals surface area (Å²) in [6, 6.07) is 11.9. The van der Waals surface area contributed by atoms with Gasteiger partial charge in [-0.1, -0.05) is 12.1 Å². The molecule has 10 heteroatoms. The minimum atomic E-state index is -3.98. The molecule has 1 aliphatic heterocycles. The first-order valence-corrected chi connectivity index (χ1v) is 12.5. The molecule has 0 aromatic heterocycles. The third-order valence-corrected chi connectivity index (χ3v) is 6.97. The van der Waals surface area contributed by atoms with Crippen LogP contribution >= 0.6 is 0 Å². The molecule has 158 valence electrons. The van der Waals surface area contributed by atoms with Crippen molar-refractivity contribution in [3.8, 4) is 5.75 Å². The van der Waals surface area contributed by atoms with Crippen molar-refractivity contribution in [3.05, 3.63) is 48.0 Å². The van der Waals surface area contributed by atoms with Gasteiger partial charge in [0.25, 0.3) is 0 Å². The second-order valence-electron chi connectivity index (χ2n) is 7.06. The Hall–Kier alpha value is -2.14. The zero-order valence-corrected chi connectivity index (χ0v) is 18.0. The molecule has 1 heterocycles. The minimum absolute atomic E-state index is 0.0207. The van der Waals surface area contributed by atoms with E-state index in [4.69, 9.17) is 9.88 Å². The van der Waals surface area contributed by atoms with Crippen molar-refractivity contribution in [2.24, 2.45) is 5.14 Å². The van der Waals surface area contributed by atoms with Crippen molar-refractivity contribution in [3.63, 3.8) is 0 Å². The van der Waals surface area contributed by atoms with E-state index in [0.29, 0.717) is 18.8 Å². The maximum Gasteiger partial charge on any atom is 0.238 e. The number of hydrogen-bond acceptors (Lipinski definition) is 7. The molecule has 0 radical (unpaired) electrons. The fourth-order valence-electron chi connectivity index (χ4n) is 3.37. The molecule has 2 N–H and O–H groups in total. The predicted octanol–water partition coefficient (Wildman–Crippen LogP) is 1.07. The van der Waals surface area contributed by atoms with E-state index in [0.717, 1.165) is 37.7 Å². The van der Waals surface area contributed by atoms with Crippen LogP contribution in [0.3, 0.4) is 0 Å². The lowest BCUT2D eigenvalue weighted by molar-refractivity contribution is 0.249. The summed E-state index contributed by atoms with van der Waals surface area (Å²) < 4.78 is 52.9. The summed E-state index contributed by atoms with van der Waals surface area (Å²) in [5.41, 5.74) is 1.68. The van der Waals surface area contributed by atoms with Gasteiger partial charge in [0.15, 0.2) is 9.84 Å². The number of piperazine rings is 1. The molecule has 0 unspecified atom stereocenters. The van der Waals surface area contributed by atoms with Gasteiger partial charge in [0, 0.05) is 39.0 Å². The van der Waals surface area contributed by atoms with Gasteiger partial charge < -0.3 is 9.64 Å². The standard InChI is InChI=1S/C19H25N3O5S2/c1-27-16-5-3-15(4-6-16)14-21-9-11-22(12-10-21)18-8-7-17(29(20,25)26)13-19(18)28(2,23)24/h3-8,13H,9-12,14H2,1-2H3,(H2,20,25,26). The van der Waals surface area contributed by atoms with Gasteiger partial charge in [-0.15, -0.1) is 0 Å². The molecule has 0 atom stereocenters. The van der Waals surface area contributed by atoms with Gasteiger partial charge in [0.05, 0.1) is 22.6 Å². The number of nitrogens with zero attached hydrogens (tertiary/aromatic N) is 2. The van der Waals surface area contributed by atoms with Crippen LogP contribution in [0.1, 0.15) is 5.56 Å². The van der Waals surface area contributed by atoms with Crippen molar-refractivity contribution in [2.45, 2.75) is 16.3 Å². The van der Waals surface area contributed by atoms with E-state index in [1.807, 2.05) is 29.2 Å². The molecule has 0 aliphatic carbocycles. The average Bonchev–Trinajstić information content (AvgIpc) is 2.67. The van der Waals surface area contributed by atoms with E-state index >= 15 is 0 Å². The highest BCUT2D eigenvalue weighted by atomic mass is 32.2. The molecular weight excluding hydrogens is 414 g/mol. The molecular formula is C19H25N3O5S2.